The van der Waals surface area contributed by atoms with Gasteiger partial charge in [0.25, 0.3) is 0 Å². The van der Waals surface area contributed by atoms with E-state index in [0.29, 0.717) is 0 Å². The van der Waals surface area contributed by atoms with E-state index in [9.17, 15) is 0 Å². The Labute approximate surface area is 102 Å². The van der Waals surface area contributed by atoms with Crippen molar-refractivity contribution >= 4 is 0 Å². The summed E-state index contributed by atoms with van der Waals surface area (Å²) >= 11 is 0. The fourth-order valence-electron chi connectivity index (χ4n) is 2.01. The molecule has 2 N–H and O–H groups in total. The van der Waals surface area contributed by atoms with E-state index in [1.807, 2.05) is 29.2 Å². The van der Waals surface area contributed by atoms with Crippen molar-refractivity contribution in [1.82, 2.24) is 9.78 Å². The third-order valence-corrected chi connectivity index (χ3v) is 2.99. The third-order valence-electron chi connectivity index (χ3n) is 2.99. The van der Waals surface area contributed by atoms with Crippen molar-refractivity contribution in [1.29, 1.82) is 0 Å². The maximum atomic E-state index is 6.27. The number of aryl methyl sites for hydroxylation is 2. The second-order valence-corrected chi connectivity index (χ2v) is 4.37. The molecule has 3 heteroatoms. The van der Waals surface area contributed by atoms with Crippen molar-refractivity contribution in [3.8, 4) is 0 Å². The van der Waals surface area contributed by atoms with Crippen LogP contribution in [0.5, 0.6) is 0 Å². The highest BCUT2D eigenvalue weighted by Crippen LogP contribution is 2.21. The highest BCUT2D eigenvalue weighted by molar-refractivity contribution is 5.34. The van der Waals surface area contributed by atoms with E-state index in [1.165, 1.54) is 11.1 Å². The molecule has 2 aromatic rings. The minimum absolute atomic E-state index is 0.0817. The summed E-state index contributed by atoms with van der Waals surface area (Å²) in [5, 5.41) is 4.32. The smallest absolute Gasteiger partial charge is 0.0585 e. The fraction of sp³-hybridized carbons (Fsp3) is 0.357. The largest absolute Gasteiger partial charge is 0.320 e. The molecule has 1 aromatic heterocycles. The predicted molar refractivity (Wildman–Crippen MR) is 69.7 cm³/mol. The van der Waals surface area contributed by atoms with Gasteiger partial charge in [-0.25, -0.2) is 0 Å². The van der Waals surface area contributed by atoms with Crippen LogP contribution in [-0.4, -0.2) is 9.78 Å². The van der Waals surface area contributed by atoms with Crippen LogP contribution < -0.4 is 5.73 Å². The maximum absolute atomic E-state index is 6.27. The fourth-order valence-corrected chi connectivity index (χ4v) is 2.01. The minimum Gasteiger partial charge on any atom is -0.320 e. The number of nitrogens with two attached hydrogens (primary N) is 1. The zero-order valence-electron chi connectivity index (χ0n) is 10.4. The molecule has 90 valence electrons. The average Bonchev–Trinajstić information content (AvgIpc) is 2.78. The van der Waals surface area contributed by atoms with E-state index in [4.69, 9.17) is 5.73 Å². The van der Waals surface area contributed by atoms with E-state index >= 15 is 0 Å². The van der Waals surface area contributed by atoms with Gasteiger partial charge in [0, 0.05) is 18.3 Å². The molecule has 0 spiro atoms. The number of aromatic nitrogens is 2. The summed E-state index contributed by atoms with van der Waals surface area (Å²) in [5.41, 5.74) is 9.75. The highest BCUT2D eigenvalue weighted by atomic mass is 15.3. The molecular formula is C14H19N3. The van der Waals surface area contributed by atoms with Crippen LogP contribution in [0.15, 0.2) is 36.7 Å². The SMILES string of the molecule is CCCn1cc(C(N)c2ccccc2C)cn1. The third kappa shape index (κ3) is 2.56. The lowest BCUT2D eigenvalue weighted by Gasteiger charge is -2.12. The second-order valence-electron chi connectivity index (χ2n) is 4.37. The van der Waals surface area contributed by atoms with Gasteiger partial charge in [-0.2, -0.15) is 5.10 Å². The van der Waals surface area contributed by atoms with Gasteiger partial charge in [0.05, 0.1) is 12.2 Å². The standard InChI is InChI=1S/C14H19N3/c1-3-8-17-10-12(9-16-17)14(15)13-7-5-4-6-11(13)2/h4-7,9-10,14H,3,8,15H2,1-2H3. The summed E-state index contributed by atoms with van der Waals surface area (Å²) in [6.45, 7) is 5.18. The number of nitrogens with zero attached hydrogens (tertiary/aromatic N) is 2. The lowest BCUT2D eigenvalue weighted by Crippen LogP contribution is -2.12. The van der Waals surface area contributed by atoms with E-state index in [1.54, 1.807) is 0 Å². The van der Waals surface area contributed by atoms with Gasteiger partial charge in [-0.15, -0.1) is 0 Å². The molecule has 0 radical (unpaired) electrons. The van der Waals surface area contributed by atoms with Crippen molar-refractivity contribution in [3.63, 3.8) is 0 Å². The average molecular weight is 229 g/mol. The molecule has 1 heterocycles. The molecule has 1 aromatic carbocycles. The first kappa shape index (κ1) is 11.9. The summed E-state index contributed by atoms with van der Waals surface area (Å²) in [7, 11) is 0. The summed E-state index contributed by atoms with van der Waals surface area (Å²) in [4.78, 5) is 0. The van der Waals surface area contributed by atoms with Crippen molar-refractivity contribution in [2.24, 2.45) is 5.73 Å². The quantitative estimate of drug-likeness (QED) is 0.876. The summed E-state index contributed by atoms with van der Waals surface area (Å²) in [6, 6.07) is 8.15. The zero-order valence-corrected chi connectivity index (χ0v) is 10.4. The maximum Gasteiger partial charge on any atom is 0.0585 e. The molecule has 3 nitrogen and oxygen atoms in total. The van der Waals surface area contributed by atoms with E-state index in [0.717, 1.165) is 18.5 Å². The Hall–Kier alpha value is -1.61. The Balaban J connectivity index is 2.24. The van der Waals surface area contributed by atoms with Crippen LogP contribution in [0, 0.1) is 6.92 Å². The molecule has 0 saturated carbocycles. The summed E-state index contributed by atoms with van der Waals surface area (Å²) < 4.78 is 1.95. The van der Waals surface area contributed by atoms with E-state index in [2.05, 4.69) is 31.1 Å². The first-order valence-corrected chi connectivity index (χ1v) is 6.06. The van der Waals surface area contributed by atoms with Gasteiger partial charge in [-0.1, -0.05) is 31.2 Å². The first-order valence-electron chi connectivity index (χ1n) is 6.06. The lowest BCUT2D eigenvalue weighted by atomic mass is 9.98. The van der Waals surface area contributed by atoms with Gasteiger partial charge in [-0.05, 0) is 24.5 Å². The van der Waals surface area contributed by atoms with Crippen molar-refractivity contribution in [3.05, 3.63) is 53.3 Å². The first-order chi connectivity index (χ1) is 8.22. The number of hydrogen-bond donors (Lipinski definition) is 1. The zero-order chi connectivity index (χ0) is 12.3. The van der Waals surface area contributed by atoms with Crippen molar-refractivity contribution < 1.29 is 0 Å². The van der Waals surface area contributed by atoms with Crippen molar-refractivity contribution in [2.75, 3.05) is 0 Å². The van der Waals surface area contributed by atoms with Gasteiger partial charge in [0.1, 0.15) is 0 Å². The van der Waals surface area contributed by atoms with Gasteiger partial charge in [0.15, 0.2) is 0 Å². The van der Waals surface area contributed by atoms with Crippen LogP contribution >= 0.6 is 0 Å². The molecular weight excluding hydrogens is 210 g/mol. The number of rotatable bonds is 4. The Kier molecular flexibility index (Phi) is 3.59. The number of benzene rings is 1. The monoisotopic (exact) mass is 229 g/mol. The van der Waals surface area contributed by atoms with Gasteiger partial charge >= 0.3 is 0 Å². The van der Waals surface area contributed by atoms with E-state index < -0.39 is 0 Å². The highest BCUT2D eigenvalue weighted by Gasteiger charge is 2.12. The molecule has 0 saturated heterocycles. The number of hydrogen-bond acceptors (Lipinski definition) is 2. The van der Waals surface area contributed by atoms with Crippen LogP contribution in [0.3, 0.4) is 0 Å². The second kappa shape index (κ2) is 5.15. The molecule has 0 bridgehead atoms. The minimum atomic E-state index is -0.0817. The predicted octanol–water partition coefficient (Wildman–Crippen LogP) is 2.65. The molecule has 0 aliphatic rings. The Bertz CT molecular complexity index is 488. The molecule has 0 amide bonds. The van der Waals surface area contributed by atoms with Crippen LogP contribution in [0.4, 0.5) is 0 Å². The summed E-state index contributed by atoms with van der Waals surface area (Å²) in [5.74, 6) is 0. The van der Waals surface area contributed by atoms with Crippen LogP contribution in [-0.2, 0) is 6.54 Å². The molecule has 1 atom stereocenters. The topological polar surface area (TPSA) is 43.8 Å². The molecule has 2 rings (SSSR count). The van der Waals surface area contributed by atoms with Gasteiger partial charge < -0.3 is 5.73 Å². The molecule has 1 unspecified atom stereocenters. The van der Waals surface area contributed by atoms with Crippen LogP contribution in [0.25, 0.3) is 0 Å². The summed E-state index contributed by atoms with van der Waals surface area (Å²) in [6.07, 6.45) is 4.99. The van der Waals surface area contributed by atoms with Gasteiger partial charge in [0.2, 0.25) is 0 Å². The molecule has 17 heavy (non-hydrogen) atoms. The van der Waals surface area contributed by atoms with Crippen molar-refractivity contribution in [2.45, 2.75) is 32.9 Å². The molecule has 0 aliphatic carbocycles. The Morgan fingerprint density at radius 1 is 1.35 bits per heavy atom. The van der Waals surface area contributed by atoms with Crippen LogP contribution in [0.1, 0.15) is 36.1 Å². The van der Waals surface area contributed by atoms with Crippen LogP contribution in [0.2, 0.25) is 0 Å². The normalized spacial score (nSPS) is 12.6. The Morgan fingerprint density at radius 3 is 2.82 bits per heavy atom. The van der Waals surface area contributed by atoms with Gasteiger partial charge in [-0.3, -0.25) is 4.68 Å². The lowest BCUT2D eigenvalue weighted by molar-refractivity contribution is 0.602. The van der Waals surface area contributed by atoms with E-state index in [-0.39, 0.29) is 6.04 Å². The molecule has 0 aliphatic heterocycles. The molecule has 0 fully saturated rings. The Morgan fingerprint density at radius 2 is 2.12 bits per heavy atom.